The molecule has 0 spiro atoms. The fourth-order valence-corrected chi connectivity index (χ4v) is 1.89. The van der Waals surface area contributed by atoms with Crippen LogP contribution in [0.1, 0.15) is 11.0 Å². The van der Waals surface area contributed by atoms with Gasteiger partial charge in [0.25, 0.3) is 10.1 Å². The van der Waals surface area contributed by atoms with Crippen LogP contribution in [-0.4, -0.2) is 23.1 Å². The maximum Gasteiger partial charge on any atom is 0.296 e. The second-order valence-corrected chi connectivity index (χ2v) is 4.60. The van der Waals surface area contributed by atoms with Gasteiger partial charge in [-0.2, -0.15) is 8.42 Å². The van der Waals surface area contributed by atoms with Crippen molar-refractivity contribution in [3.8, 4) is 0 Å². The molecule has 0 aromatic carbocycles. The molecule has 72 valence electrons. The van der Waals surface area contributed by atoms with E-state index in [2.05, 4.69) is 20.9 Å². The molecule has 0 amide bonds. The van der Waals surface area contributed by atoms with E-state index in [1.54, 1.807) is 0 Å². The van der Waals surface area contributed by atoms with E-state index < -0.39 is 15.6 Å². The molecule has 0 saturated heterocycles. The third-order valence-corrected chi connectivity index (χ3v) is 2.83. The topological polar surface area (TPSA) is 87.5 Å². The Kier molecular flexibility index (Phi) is 3.01. The summed E-state index contributed by atoms with van der Waals surface area (Å²) in [6, 6.07) is 1.29. The van der Waals surface area contributed by atoms with Crippen molar-refractivity contribution in [2.45, 2.75) is 5.44 Å². The fraction of sp³-hybridized carbons (Fsp3) is 0.167. The number of nitrogens with zero attached hydrogens (tertiary/aromatic N) is 1. The largest absolute Gasteiger partial charge is 0.371 e. The molecule has 5 nitrogen and oxygen atoms in total. The van der Waals surface area contributed by atoms with Crippen molar-refractivity contribution in [1.29, 1.82) is 0 Å². The first-order valence-electron chi connectivity index (χ1n) is 3.16. The number of halogens is 1. The molecule has 0 aliphatic heterocycles. The van der Waals surface area contributed by atoms with Gasteiger partial charge >= 0.3 is 0 Å². The van der Waals surface area contributed by atoms with Crippen LogP contribution in [0, 0.1) is 0 Å². The molecule has 0 fully saturated rings. The molecule has 7 heteroatoms. The van der Waals surface area contributed by atoms with Gasteiger partial charge in [-0.25, -0.2) is 0 Å². The third-order valence-electron chi connectivity index (χ3n) is 1.35. The van der Waals surface area contributed by atoms with E-state index in [9.17, 15) is 8.42 Å². The summed E-state index contributed by atoms with van der Waals surface area (Å²) in [5, 5.41) is 9.14. The van der Waals surface area contributed by atoms with E-state index in [1.807, 2.05) is 0 Å². The highest BCUT2D eigenvalue weighted by atomic mass is 79.9. The summed E-state index contributed by atoms with van der Waals surface area (Å²) in [4.78, 5) is 3.67. The van der Waals surface area contributed by atoms with Gasteiger partial charge in [-0.15, -0.1) is 0 Å². The average Bonchev–Trinajstić information content (AvgIpc) is 2.02. The average molecular weight is 268 g/mol. The number of rotatable bonds is 2. The quantitative estimate of drug-likeness (QED) is 0.772. The summed E-state index contributed by atoms with van der Waals surface area (Å²) < 4.78 is 30.0. The van der Waals surface area contributed by atoms with Crippen molar-refractivity contribution < 1.29 is 18.1 Å². The molecule has 0 aliphatic carbocycles. The van der Waals surface area contributed by atoms with Gasteiger partial charge in [0, 0.05) is 22.4 Å². The lowest BCUT2D eigenvalue weighted by Crippen LogP contribution is -2.11. The highest BCUT2D eigenvalue weighted by molar-refractivity contribution is 9.10. The molecule has 0 saturated carbocycles. The van der Waals surface area contributed by atoms with Crippen molar-refractivity contribution in [3.63, 3.8) is 0 Å². The Morgan fingerprint density at radius 3 is 2.62 bits per heavy atom. The Morgan fingerprint density at radius 1 is 1.54 bits per heavy atom. The maximum atomic E-state index is 10.5. The molecule has 1 aromatic heterocycles. The van der Waals surface area contributed by atoms with Gasteiger partial charge in [-0.1, -0.05) is 0 Å². The highest BCUT2D eigenvalue weighted by Crippen LogP contribution is 2.25. The Balaban J connectivity index is 3.17. The first-order chi connectivity index (χ1) is 5.93. The van der Waals surface area contributed by atoms with Gasteiger partial charge in [0.2, 0.25) is 5.44 Å². The SMILES string of the molecule is O=S(=O)(O)C(O)c1ccncc1Br. The Labute approximate surface area is 83.3 Å². The number of aromatic nitrogens is 1. The molecule has 0 bridgehead atoms. The minimum absolute atomic E-state index is 0.0532. The van der Waals surface area contributed by atoms with Gasteiger partial charge in [0.15, 0.2) is 0 Å². The number of aliphatic hydroxyl groups is 1. The molecular weight excluding hydrogens is 262 g/mol. The van der Waals surface area contributed by atoms with E-state index in [1.165, 1.54) is 18.5 Å². The van der Waals surface area contributed by atoms with Gasteiger partial charge in [-0.05, 0) is 22.0 Å². The monoisotopic (exact) mass is 267 g/mol. The van der Waals surface area contributed by atoms with Crippen LogP contribution in [0.2, 0.25) is 0 Å². The Hall–Kier alpha value is -0.500. The van der Waals surface area contributed by atoms with Gasteiger partial charge in [-0.3, -0.25) is 9.54 Å². The van der Waals surface area contributed by atoms with E-state index in [0.717, 1.165) is 0 Å². The van der Waals surface area contributed by atoms with Crippen molar-refractivity contribution >= 4 is 26.0 Å². The van der Waals surface area contributed by atoms with Crippen LogP contribution in [0.15, 0.2) is 22.9 Å². The first kappa shape index (κ1) is 10.6. The van der Waals surface area contributed by atoms with E-state index in [0.29, 0.717) is 4.47 Å². The van der Waals surface area contributed by atoms with Crippen LogP contribution in [0.4, 0.5) is 0 Å². The molecular formula is C6H6BrNO4S. The lowest BCUT2D eigenvalue weighted by Gasteiger charge is -2.08. The Morgan fingerprint density at radius 2 is 2.15 bits per heavy atom. The lowest BCUT2D eigenvalue weighted by atomic mass is 10.3. The number of pyridine rings is 1. The molecule has 2 N–H and O–H groups in total. The minimum Gasteiger partial charge on any atom is -0.371 e. The van der Waals surface area contributed by atoms with Crippen molar-refractivity contribution in [2.24, 2.45) is 0 Å². The molecule has 1 aromatic rings. The summed E-state index contributed by atoms with van der Waals surface area (Å²) in [6.07, 6.45) is 2.64. The van der Waals surface area contributed by atoms with Crippen LogP contribution in [-0.2, 0) is 10.1 Å². The minimum atomic E-state index is -4.48. The van der Waals surface area contributed by atoms with E-state index >= 15 is 0 Å². The van der Waals surface area contributed by atoms with Crippen LogP contribution in [0.25, 0.3) is 0 Å². The smallest absolute Gasteiger partial charge is 0.296 e. The molecule has 13 heavy (non-hydrogen) atoms. The molecule has 1 unspecified atom stereocenters. The van der Waals surface area contributed by atoms with Crippen molar-refractivity contribution in [3.05, 3.63) is 28.5 Å². The predicted molar refractivity (Wildman–Crippen MR) is 48.4 cm³/mol. The van der Waals surface area contributed by atoms with Crippen LogP contribution >= 0.6 is 15.9 Å². The van der Waals surface area contributed by atoms with E-state index in [4.69, 9.17) is 9.66 Å². The molecule has 1 rings (SSSR count). The Bertz CT molecular complexity index is 405. The van der Waals surface area contributed by atoms with Crippen molar-refractivity contribution in [1.82, 2.24) is 4.98 Å². The number of hydrogen-bond acceptors (Lipinski definition) is 4. The fourth-order valence-electron chi connectivity index (χ4n) is 0.747. The third kappa shape index (κ3) is 2.47. The van der Waals surface area contributed by atoms with Gasteiger partial charge < -0.3 is 5.11 Å². The molecule has 0 radical (unpaired) electrons. The predicted octanol–water partition coefficient (Wildman–Crippen LogP) is 0.723. The summed E-state index contributed by atoms with van der Waals surface area (Å²) in [5.74, 6) is 0. The maximum absolute atomic E-state index is 10.5. The number of hydrogen-bond donors (Lipinski definition) is 2. The standard InChI is InChI=1S/C6H6BrNO4S/c7-5-3-8-2-1-4(5)6(9)13(10,11)12/h1-3,6,9H,(H,10,11,12). The summed E-state index contributed by atoms with van der Waals surface area (Å²) in [6.45, 7) is 0. The zero-order valence-corrected chi connectivity index (χ0v) is 8.66. The zero-order chi connectivity index (χ0) is 10.1. The second-order valence-electron chi connectivity index (χ2n) is 2.26. The normalized spacial score (nSPS) is 14.1. The summed E-state index contributed by atoms with van der Waals surface area (Å²) >= 11 is 2.99. The molecule has 1 heterocycles. The summed E-state index contributed by atoms with van der Waals surface area (Å²) in [5.41, 5.74) is -1.89. The van der Waals surface area contributed by atoms with Crippen LogP contribution in [0.5, 0.6) is 0 Å². The first-order valence-corrected chi connectivity index (χ1v) is 5.46. The second kappa shape index (κ2) is 3.70. The number of aliphatic hydroxyl groups excluding tert-OH is 1. The lowest BCUT2D eigenvalue weighted by molar-refractivity contribution is 0.237. The van der Waals surface area contributed by atoms with Crippen molar-refractivity contribution in [2.75, 3.05) is 0 Å². The zero-order valence-electron chi connectivity index (χ0n) is 6.25. The van der Waals surface area contributed by atoms with Crippen LogP contribution < -0.4 is 0 Å². The van der Waals surface area contributed by atoms with Gasteiger partial charge in [0.05, 0.1) is 0 Å². The molecule has 0 aliphatic rings. The van der Waals surface area contributed by atoms with Gasteiger partial charge in [0.1, 0.15) is 0 Å². The highest BCUT2D eigenvalue weighted by Gasteiger charge is 2.23. The van der Waals surface area contributed by atoms with E-state index in [-0.39, 0.29) is 5.56 Å². The molecule has 1 atom stereocenters. The van der Waals surface area contributed by atoms with Crippen LogP contribution in [0.3, 0.4) is 0 Å². The summed E-state index contributed by atoms with van der Waals surface area (Å²) in [7, 11) is -4.48.